The van der Waals surface area contributed by atoms with Crippen LogP contribution in [-0.4, -0.2) is 61.0 Å². The van der Waals surface area contributed by atoms with E-state index in [0.717, 1.165) is 25.8 Å². The number of hydrogen-bond donors (Lipinski definition) is 0. The maximum atomic E-state index is 12.8. The summed E-state index contributed by atoms with van der Waals surface area (Å²) in [7, 11) is 0. The van der Waals surface area contributed by atoms with E-state index < -0.39 is 0 Å². The first-order chi connectivity index (χ1) is 13.7. The number of morpholine rings is 1. The second-order valence-corrected chi connectivity index (χ2v) is 7.80. The highest BCUT2D eigenvalue weighted by atomic mass is 16.5. The van der Waals surface area contributed by atoms with E-state index in [1.54, 1.807) is 0 Å². The lowest BCUT2D eigenvalue weighted by atomic mass is 9.95. The van der Waals surface area contributed by atoms with Gasteiger partial charge in [-0.1, -0.05) is 42.5 Å². The molecule has 2 amide bonds. The highest BCUT2D eigenvalue weighted by Crippen LogP contribution is 2.21. The van der Waals surface area contributed by atoms with Gasteiger partial charge in [0.25, 0.3) is 0 Å². The summed E-state index contributed by atoms with van der Waals surface area (Å²) in [6.07, 6.45) is 3.02. The molecule has 0 aromatic heterocycles. The first kappa shape index (κ1) is 18.9. The molecule has 2 aromatic rings. The molecular formula is C23H28N2O3. The van der Waals surface area contributed by atoms with Crippen LogP contribution in [0.2, 0.25) is 0 Å². The van der Waals surface area contributed by atoms with E-state index in [1.807, 2.05) is 21.9 Å². The van der Waals surface area contributed by atoms with Crippen molar-refractivity contribution in [3.05, 3.63) is 48.0 Å². The second kappa shape index (κ2) is 8.74. The van der Waals surface area contributed by atoms with Gasteiger partial charge in [-0.05, 0) is 35.6 Å². The summed E-state index contributed by atoms with van der Waals surface area (Å²) < 4.78 is 5.34. The summed E-state index contributed by atoms with van der Waals surface area (Å²) in [6, 6.07) is 14.7. The molecule has 2 saturated heterocycles. The molecule has 0 spiro atoms. The molecule has 2 aliphatic rings. The van der Waals surface area contributed by atoms with Crippen LogP contribution in [0.3, 0.4) is 0 Å². The minimum atomic E-state index is -0.0588. The summed E-state index contributed by atoms with van der Waals surface area (Å²) in [4.78, 5) is 29.3. The number of piperidine rings is 1. The Morgan fingerprint density at radius 1 is 0.964 bits per heavy atom. The summed E-state index contributed by atoms with van der Waals surface area (Å²) in [6.45, 7) is 3.91. The molecule has 2 aromatic carbocycles. The highest BCUT2D eigenvalue weighted by Gasteiger charge is 2.31. The van der Waals surface area contributed by atoms with Crippen LogP contribution in [0.4, 0.5) is 0 Å². The van der Waals surface area contributed by atoms with Gasteiger partial charge in [-0.3, -0.25) is 9.59 Å². The van der Waals surface area contributed by atoms with Crippen molar-refractivity contribution in [2.75, 3.05) is 39.4 Å². The zero-order chi connectivity index (χ0) is 19.3. The SMILES string of the molecule is O=C(CCc1ccc2ccccc2c1)N1CCC[C@H](C(=O)N2CCOCC2)C1. The van der Waals surface area contributed by atoms with Gasteiger partial charge in [0.2, 0.25) is 11.8 Å². The third-order valence-electron chi connectivity index (χ3n) is 5.89. The Kier molecular flexibility index (Phi) is 5.91. The number of rotatable bonds is 4. The minimum Gasteiger partial charge on any atom is -0.378 e. The van der Waals surface area contributed by atoms with Gasteiger partial charge in [-0.25, -0.2) is 0 Å². The van der Waals surface area contributed by atoms with Crippen LogP contribution < -0.4 is 0 Å². The summed E-state index contributed by atoms with van der Waals surface area (Å²) in [5.41, 5.74) is 1.19. The average Bonchev–Trinajstić information content (AvgIpc) is 2.77. The van der Waals surface area contributed by atoms with E-state index in [0.29, 0.717) is 39.3 Å². The zero-order valence-electron chi connectivity index (χ0n) is 16.3. The number of nitrogens with zero attached hydrogens (tertiary/aromatic N) is 2. The summed E-state index contributed by atoms with van der Waals surface area (Å²) >= 11 is 0. The van der Waals surface area contributed by atoms with E-state index in [1.165, 1.54) is 16.3 Å². The Bertz CT molecular complexity index is 845. The van der Waals surface area contributed by atoms with Crippen molar-refractivity contribution < 1.29 is 14.3 Å². The average molecular weight is 380 g/mol. The monoisotopic (exact) mass is 380 g/mol. The molecule has 1 atom stereocenters. The molecule has 0 aliphatic carbocycles. The highest BCUT2D eigenvalue weighted by molar-refractivity contribution is 5.84. The van der Waals surface area contributed by atoms with Crippen molar-refractivity contribution in [2.45, 2.75) is 25.7 Å². The fourth-order valence-corrected chi connectivity index (χ4v) is 4.25. The number of fused-ring (bicyclic) bond motifs is 1. The topological polar surface area (TPSA) is 49.9 Å². The largest absolute Gasteiger partial charge is 0.378 e. The molecule has 5 heteroatoms. The van der Waals surface area contributed by atoms with Crippen LogP contribution in [0.5, 0.6) is 0 Å². The number of benzene rings is 2. The van der Waals surface area contributed by atoms with E-state index in [9.17, 15) is 9.59 Å². The van der Waals surface area contributed by atoms with E-state index in [4.69, 9.17) is 4.74 Å². The standard InChI is InChI=1S/C23H28N2O3/c26-22(10-8-18-7-9-19-4-1-2-5-20(19)16-18)25-11-3-6-21(17-25)23(27)24-12-14-28-15-13-24/h1-2,4-5,7,9,16,21H,3,6,8,10-15,17H2/t21-/m0/s1. The van der Waals surface area contributed by atoms with Crippen molar-refractivity contribution in [1.29, 1.82) is 0 Å². The predicted octanol–water partition coefficient (Wildman–Crippen LogP) is 2.87. The van der Waals surface area contributed by atoms with Crippen molar-refractivity contribution in [1.82, 2.24) is 9.80 Å². The van der Waals surface area contributed by atoms with Crippen molar-refractivity contribution in [3.63, 3.8) is 0 Å². The molecule has 0 bridgehead atoms. The molecule has 2 aliphatic heterocycles. The number of hydrogen-bond acceptors (Lipinski definition) is 3. The lowest BCUT2D eigenvalue weighted by Crippen LogP contribution is -2.49. The maximum Gasteiger partial charge on any atom is 0.227 e. The Morgan fingerprint density at radius 3 is 2.57 bits per heavy atom. The number of aryl methyl sites for hydroxylation is 1. The molecule has 0 saturated carbocycles. The van der Waals surface area contributed by atoms with Crippen molar-refractivity contribution in [2.24, 2.45) is 5.92 Å². The lowest BCUT2D eigenvalue weighted by molar-refractivity contribution is -0.144. The predicted molar refractivity (Wildman–Crippen MR) is 109 cm³/mol. The number of amides is 2. The molecule has 4 rings (SSSR count). The second-order valence-electron chi connectivity index (χ2n) is 7.80. The molecule has 0 unspecified atom stereocenters. The first-order valence-electron chi connectivity index (χ1n) is 10.3. The first-order valence-corrected chi connectivity index (χ1v) is 10.3. The summed E-state index contributed by atoms with van der Waals surface area (Å²) in [5, 5.41) is 2.43. The quantitative estimate of drug-likeness (QED) is 0.820. The van der Waals surface area contributed by atoms with Gasteiger partial charge in [0.1, 0.15) is 0 Å². The van der Waals surface area contributed by atoms with E-state index in [2.05, 4.69) is 30.3 Å². The van der Waals surface area contributed by atoms with Gasteiger partial charge in [-0.15, -0.1) is 0 Å². The third kappa shape index (κ3) is 4.36. The van der Waals surface area contributed by atoms with Crippen LogP contribution in [0.25, 0.3) is 10.8 Å². The fourth-order valence-electron chi connectivity index (χ4n) is 4.25. The molecule has 28 heavy (non-hydrogen) atoms. The Morgan fingerprint density at radius 2 is 1.75 bits per heavy atom. The lowest BCUT2D eigenvalue weighted by Gasteiger charge is -2.36. The van der Waals surface area contributed by atoms with Crippen molar-refractivity contribution in [3.8, 4) is 0 Å². The number of carbonyl (C=O) groups is 2. The molecule has 0 N–H and O–H groups in total. The molecular weight excluding hydrogens is 352 g/mol. The number of carbonyl (C=O) groups excluding carboxylic acids is 2. The van der Waals surface area contributed by atoms with Crippen LogP contribution >= 0.6 is 0 Å². The number of likely N-dealkylation sites (tertiary alicyclic amines) is 1. The van der Waals surface area contributed by atoms with Gasteiger partial charge in [-0.2, -0.15) is 0 Å². The molecule has 2 fully saturated rings. The molecule has 148 valence electrons. The van der Waals surface area contributed by atoms with Gasteiger partial charge in [0.05, 0.1) is 19.1 Å². The van der Waals surface area contributed by atoms with E-state index >= 15 is 0 Å². The van der Waals surface area contributed by atoms with Crippen LogP contribution in [0.1, 0.15) is 24.8 Å². The Labute approximate surface area is 166 Å². The molecule has 5 nitrogen and oxygen atoms in total. The normalized spacial score (nSPS) is 20.4. The van der Waals surface area contributed by atoms with Gasteiger partial charge in [0, 0.05) is 32.6 Å². The van der Waals surface area contributed by atoms with Gasteiger partial charge < -0.3 is 14.5 Å². The van der Waals surface area contributed by atoms with Crippen molar-refractivity contribution >= 4 is 22.6 Å². The van der Waals surface area contributed by atoms with Crippen LogP contribution in [0, 0.1) is 5.92 Å². The Balaban J connectivity index is 1.32. The van der Waals surface area contributed by atoms with Crippen LogP contribution in [0.15, 0.2) is 42.5 Å². The molecule has 0 radical (unpaired) electrons. The smallest absolute Gasteiger partial charge is 0.227 e. The maximum absolute atomic E-state index is 12.8. The fraction of sp³-hybridized carbons (Fsp3) is 0.478. The third-order valence-corrected chi connectivity index (χ3v) is 5.89. The summed E-state index contributed by atoms with van der Waals surface area (Å²) in [5.74, 6) is 0.291. The minimum absolute atomic E-state index is 0.0588. The Hall–Kier alpha value is -2.40. The molecule has 2 heterocycles. The zero-order valence-corrected chi connectivity index (χ0v) is 16.3. The van der Waals surface area contributed by atoms with Gasteiger partial charge >= 0.3 is 0 Å². The number of ether oxygens (including phenoxy) is 1. The van der Waals surface area contributed by atoms with Gasteiger partial charge in [0.15, 0.2) is 0 Å². The van der Waals surface area contributed by atoms with Crippen LogP contribution in [-0.2, 0) is 20.7 Å². The van der Waals surface area contributed by atoms with E-state index in [-0.39, 0.29) is 17.7 Å².